The highest BCUT2D eigenvalue weighted by atomic mass is 19.4. The number of ether oxygens (including phenoxy) is 1. The van der Waals surface area contributed by atoms with Crippen molar-refractivity contribution in [3.8, 4) is 17.2 Å². The molecular formula is C27H24F6N6O4. The van der Waals surface area contributed by atoms with Crippen LogP contribution in [0.25, 0.3) is 11.5 Å². The van der Waals surface area contributed by atoms with Crippen LogP contribution in [0.3, 0.4) is 0 Å². The predicted octanol–water partition coefficient (Wildman–Crippen LogP) is 6.80. The Kier molecular flexibility index (Phi) is 8.03. The van der Waals surface area contributed by atoms with Gasteiger partial charge in [-0.3, -0.25) is 4.79 Å². The summed E-state index contributed by atoms with van der Waals surface area (Å²) in [4.78, 5) is 27.2. The molecule has 0 aliphatic carbocycles. The zero-order chi connectivity index (χ0) is 30.9. The second-order valence-electron chi connectivity index (χ2n) is 10.0. The highest BCUT2D eigenvalue weighted by Crippen LogP contribution is 2.39. The molecule has 0 radical (unpaired) electrons. The zero-order valence-corrected chi connectivity index (χ0v) is 22.7. The first-order valence-corrected chi connectivity index (χ1v) is 13.1. The first-order chi connectivity index (χ1) is 20.3. The van der Waals surface area contributed by atoms with Gasteiger partial charge in [-0.1, -0.05) is 31.1 Å². The summed E-state index contributed by atoms with van der Waals surface area (Å²) in [5, 5.41) is 6.29. The number of amides is 1. The van der Waals surface area contributed by atoms with Gasteiger partial charge in [-0.25, -0.2) is 9.97 Å². The lowest BCUT2D eigenvalue weighted by Gasteiger charge is -2.31. The van der Waals surface area contributed by atoms with Crippen LogP contribution in [0.2, 0.25) is 0 Å². The highest BCUT2D eigenvalue weighted by molar-refractivity contribution is 6.04. The van der Waals surface area contributed by atoms with Gasteiger partial charge >= 0.3 is 12.5 Å². The molecule has 4 heterocycles. The summed E-state index contributed by atoms with van der Waals surface area (Å²) in [6, 6.07) is 7.39. The summed E-state index contributed by atoms with van der Waals surface area (Å²) in [6.45, 7) is 5.23. The Labute approximate surface area is 240 Å². The van der Waals surface area contributed by atoms with Gasteiger partial charge in [0.15, 0.2) is 11.5 Å². The number of nitrogens with zero attached hydrogens (tertiary/aromatic N) is 5. The van der Waals surface area contributed by atoms with Crippen molar-refractivity contribution in [3.63, 3.8) is 0 Å². The number of rotatable bonds is 7. The maximum absolute atomic E-state index is 13.7. The third-order valence-corrected chi connectivity index (χ3v) is 6.59. The Morgan fingerprint density at radius 1 is 1.05 bits per heavy atom. The first kappa shape index (κ1) is 29.8. The average Bonchev–Trinajstić information content (AvgIpc) is 3.62. The number of para-hydroxylation sites is 1. The normalized spacial score (nSPS) is 14.8. The lowest BCUT2D eigenvalue weighted by atomic mass is 9.96. The number of pyridine rings is 1. The summed E-state index contributed by atoms with van der Waals surface area (Å²) < 4.78 is 93.6. The number of alkyl halides is 6. The number of piperidine rings is 1. The molecule has 10 nitrogen and oxygen atoms in total. The zero-order valence-electron chi connectivity index (χ0n) is 22.7. The van der Waals surface area contributed by atoms with Crippen LogP contribution in [0, 0.1) is 0 Å². The molecule has 1 amide bonds. The van der Waals surface area contributed by atoms with E-state index >= 15 is 0 Å². The summed E-state index contributed by atoms with van der Waals surface area (Å²) in [5.41, 5.74) is -1.63. The number of nitrogens with one attached hydrogen (secondary N) is 1. The minimum absolute atomic E-state index is 0.0641. The minimum atomic E-state index is -5.18. The molecule has 1 fully saturated rings. The van der Waals surface area contributed by atoms with E-state index in [2.05, 4.69) is 30.2 Å². The van der Waals surface area contributed by atoms with Gasteiger partial charge < -0.3 is 23.9 Å². The van der Waals surface area contributed by atoms with Crippen molar-refractivity contribution in [2.24, 2.45) is 0 Å². The molecule has 0 saturated carbocycles. The SMILES string of the molecule is CC(C)c1noc(C2CCN(c3ccc(NC(=O)c4nc(-c5ccccc5OC(F)(F)F)oc4C(F)(F)F)cn3)CC2)n1. The lowest BCUT2D eigenvalue weighted by Crippen LogP contribution is -2.33. The Morgan fingerprint density at radius 2 is 1.77 bits per heavy atom. The Hall–Kier alpha value is -4.63. The van der Waals surface area contributed by atoms with Crippen LogP contribution < -0.4 is 15.0 Å². The number of carbonyl (C=O) groups excluding carboxylic acids is 1. The molecule has 16 heteroatoms. The van der Waals surface area contributed by atoms with Gasteiger partial charge in [0, 0.05) is 24.9 Å². The molecule has 1 aliphatic heterocycles. The Morgan fingerprint density at radius 3 is 2.37 bits per heavy atom. The van der Waals surface area contributed by atoms with Crippen LogP contribution in [0.1, 0.15) is 66.5 Å². The lowest BCUT2D eigenvalue weighted by molar-refractivity contribution is -0.274. The Balaban J connectivity index is 1.28. The summed E-state index contributed by atoms with van der Waals surface area (Å²) in [7, 11) is 0. The van der Waals surface area contributed by atoms with E-state index in [1.807, 2.05) is 18.7 Å². The van der Waals surface area contributed by atoms with Crippen molar-refractivity contribution >= 4 is 17.4 Å². The second-order valence-corrected chi connectivity index (χ2v) is 10.0. The highest BCUT2D eigenvalue weighted by Gasteiger charge is 2.42. The standard InChI is InChI=1S/C27H24F6N6O4/c1-14(2)22-37-24(43-38-22)15-9-11-39(12-10-15)19-8-7-16(13-34-19)35-23(40)20-21(26(28,29)30)41-25(36-20)17-5-3-4-6-18(17)42-27(31,32)33/h3-8,13-15H,9-12H2,1-2H3,(H,35,40). The summed E-state index contributed by atoms with van der Waals surface area (Å²) >= 11 is 0. The number of halogens is 6. The van der Waals surface area contributed by atoms with Crippen molar-refractivity contribution in [1.82, 2.24) is 20.1 Å². The predicted molar refractivity (Wildman–Crippen MR) is 138 cm³/mol. The number of benzene rings is 1. The number of hydrogen-bond donors (Lipinski definition) is 1. The molecule has 43 heavy (non-hydrogen) atoms. The van der Waals surface area contributed by atoms with E-state index in [9.17, 15) is 31.1 Å². The van der Waals surface area contributed by atoms with Crippen molar-refractivity contribution in [2.75, 3.05) is 23.3 Å². The van der Waals surface area contributed by atoms with Crippen molar-refractivity contribution in [3.05, 3.63) is 65.8 Å². The third-order valence-electron chi connectivity index (χ3n) is 6.59. The van der Waals surface area contributed by atoms with E-state index in [-0.39, 0.29) is 17.5 Å². The molecule has 1 aliphatic rings. The number of aromatic nitrogens is 4. The molecule has 0 bridgehead atoms. The maximum Gasteiger partial charge on any atom is 0.573 e. The van der Waals surface area contributed by atoms with Crippen LogP contribution >= 0.6 is 0 Å². The smallest absolute Gasteiger partial charge is 0.431 e. The van der Waals surface area contributed by atoms with Crippen LogP contribution in [0.5, 0.6) is 5.75 Å². The quantitative estimate of drug-likeness (QED) is 0.225. The largest absolute Gasteiger partial charge is 0.573 e. The molecule has 228 valence electrons. The third kappa shape index (κ3) is 6.89. The van der Waals surface area contributed by atoms with E-state index in [0.717, 1.165) is 25.0 Å². The van der Waals surface area contributed by atoms with E-state index in [1.54, 1.807) is 6.07 Å². The fourth-order valence-electron chi connectivity index (χ4n) is 4.48. The van der Waals surface area contributed by atoms with Crippen LogP contribution in [0.15, 0.2) is 51.5 Å². The fraction of sp³-hybridized carbons (Fsp3) is 0.370. The van der Waals surface area contributed by atoms with Crippen molar-refractivity contribution < 1.29 is 44.8 Å². The molecule has 1 N–H and O–H groups in total. The van der Waals surface area contributed by atoms with Gasteiger partial charge in [-0.2, -0.15) is 18.2 Å². The maximum atomic E-state index is 13.7. The van der Waals surface area contributed by atoms with Crippen LogP contribution in [-0.4, -0.2) is 45.5 Å². The minimum Gasteiger partial charge on any atom is -0.431 e. The molecule has 0 atom stereocenters. The van der Waals surface area contributed by atoms with E-state index < -0.39 is 47.1 Å². The number of anilines is 2. The topological polar surface area (TPSA) is 119 Å². The molecule has 1 saturated heterocycles. The second kappa shape index (κ2) is 11.6. The summed E-state index contributed by atoms with van der Waals surface area (Å²) in [6.07, 6.45) is -7.55. The molecule has 0 spiro atoms. The van der Waals surface area contributed by atoms with Crippen molar-refractivity contribution in [1.29, 1.82) is 0 Å². The monoisotopic (exact) mass is 610 g/mol. The molecule has 4 aromatic rings. The Bertz CT molecular complexity index is 1570. The first-order valence-electron chi connectivity index (χ1n) is 13.1. The van der Waals surface area contributed by atoms with Crippen LogP contribution in [-0.2, 0) is 6.18 Å². The van der Waals surface area contributed by atoms with Gasteiger partial charge in [0.1, 0.15) is 11.6 Å². The van der Waals surface area contributed by atoms with E-state index in [4.69, 9.17) is 8.94 Å². The number of hydrogen-bond acceptors (Lipinski definition) is 9. The van der Waals surface area contributed by atoms with Crippen LogP contribution in [0.4, 0.5) is 37.8 Å². The van der Waals surface area contributed by atoms with E-state index in [0.29, 0.717) is 30.6 Å². The van der Waals surface area contributed by atoms with Gasteiger partial charge in [-0.15, -0.1) is 13.2 Å². The fourth-order valence-corrected chi connectivity index (χ4v) is 4.48. The molecule has 1 aromatic carbocycles. The van der Waals surface area contributed by atoms with Gasteiger partial charge in [0.2, 0.25) is 17.5 Å². The van der Waals surface area contributed by atoms with Gasteiger partial charge in [-0.05, 0) is 37.1 Å². The molecule has 5 rings (SSSR count). The molecule has 0 unspecified atom stereocenters. The van der Waals surface area contributed by atoms with E-state index in [1.165, 1.54) is 24.4 Å². The summed E-state index contributed by atoms with van der Waals surface area (Å²) in [5.74, 6) is -2.71. The number of carbonyl (C=O) groups is 1. The number of oxazole rings is 1. The average molecular weight is 611 g/mol. The van der Waals surface area contributed by atoms with Gasteiger partial charge in [0.25, 0.3) is 5.91 Å². The van der Waals surface area contributed by atoms with Crippen molar-refractivity contribution in [2.45, 2.75) is 51.1 Å². The van der Waals surface area contributed by atoms with Gasteiger partial charge in [0.05, 0.1) is 17.4 Å². The molecular weight excluding hydrogens is 586 g/mol. The molecule has 3 aromatic heterocycles.